The molecule has 7 nitrogen and oxygen atoms in total. The first-order chi connectivity index (χ1) is 12.6. The number of aryl methyl sites for hydroxylation is 1. The maximum atomic E-state index is 12.8. The van der Waals surface area contributed by atoms with Crippen LogP contribution in [0.25, 0.3) is 0 Å². The van der Waals surface area contributed by atoms with Crippen molar-refractivity contribution in [3.05, 3.63) is 53.1 Å². The second kappa shape index (κ2) is 7.14. The largest absolute Gasteiger partial charge is 0.497 e. The Bertz CT molecular complexity index is 1080. The number of hydrogen-bond acceptors (Lipinski definition) is 5. The summed E-state index contributed by atoms with van der Waals surface area (Å²) in [4.78, 5) is 0.166. The molecule has 2 aromatic rings. The highest BCUT2D eigenvalue weighted by Gasteiger charge is 2.24. The lowest BCUT2D eigenvalue weighted by molar-refractivity contribution is 0.395. The third-order valence-electron chi connectivity index (χ3n) is 4.58. The molecule has 0 bridgehead atoms. The van der Waals surface area contributed by atoms with E-state index in [1.165, 1.54) is 23.7 Å². The second-order valence-corrected chi connectivity index (χ2v) is 10.2. The van der Waals surface area contributed by atoms with Crippen molar-refractivity contribution in [1.82, 2.24) is 4.31 Å². The van der Waals surface area contributed by atoms with E-state index in [-0.39, 0.29) is 11.4 Å². The van der Waals surface area contributed by atoms with Crippen LogP contribution >= 0.6 is 0 Å². The average molecular weight is 411 g/mol. The third kappa shape index (κ3) is 4.26. The number of benzene rings is 2. The van der Waals surface area contributed by atoms with Gasteiger partial charge < -0.3 is 4.74 Å². The minimum Gasteiger partial charge on any atom is -0.497 e. The molecule has 2 aromatic carbocycles. The topological polar surface area (TPSA) is 92.8 Å². The fraction of sp³-hybridized carbons (Fsp3) is 0.333. The van der Waals surface area contributed by atoms with Crippen LogP contribution in [0.15, 0.2) is 41.3 Å². The summed E-state index contributed by atoms with van der Waals surface area (Å²) in [5.41, 5.74) is 2.80. The highest BCUT2D eigenvalue weighted by atomic mass is 32.2. The summed E-state index contributed by atoms with van der Waals surface area (Å²) in [6, 6.07) is 9.99. The highest BCUT2D eigenvalue weighted by molar-refractivity contribution is 7.92. The van der Waals surface area contributed by atoms with Gasteiger partial charge in [-0.25, -0.2) is 16.8 Å². The fourth-order valence-corrected chi connectivity index (χ4v) is 5.21. The summed E-state index contributed by atoms with van der Waals surface area (Å²) in [5.74, 6) is 0.584. The van der Waals surface area contributed by atoms with Crippen LogP contribution in [0.5, 0.6) is 5.75 Å². The Morgan fingerprint density at radius 3 is 2.41 bits per heavy atom. The number of methoxy groups -OCH3 is 1. The average Bonchev–Trinajstić information content (AvgIpc) is 2.59. The summed E-state index contributed by atoms with van der Waals surface area (Å²) < 4.78 is 58.2. The van der Waals surface area contributed by atoms with E-state index in [0.29, 0.717) is 30.0 Å². The molecule has 0 radical (unpaired) electrons. The summed E-state index contributed by atoms with van der Waals surface area (Å²) in [5, 5.41) is 0. The monoisotopic (exact) mass is 410 g/mol. The molecule has 0 fully saturated rings. The quantitative estimate of drug-likeness (QED) is 0.815. The molecule has 146 valence electrons. The second-order valence-electron chi connectivity index (χ2n) is 6.57. The van der Waals surface area contributed by atoms with Gasteiger partial charge in [0, 0.05) is 18.8 Å². The number of fused-ring (bicyclic) bond motifs is 1. The van der Waals surface area contributed by atoms with E-state index >= 15 is 0 Å². The number of rotatable bonds is 5. The number of nitrogens with zero attached hydrogens (tertiary/aromatic N) is 1. The molecule has 0 saturated heterocycles. The molecule has 27 heavy (non-hydrogen) atoms. The third-order valence-corrected chi connectivity index (χ3v) is 7.37. The van der Waals surface area contributed by atoms with Crippen LogP contribution in [-0.4, -0.2) is 41.1 Å². The first kappa shape index (κ1) is 19.7. The maximum absolute atomic E-state index is 12.8. The van der Waals surface area contributed by atoms with Crippen molar-refractivity contribution >= 4 is 25.7 Å². The Labute approximate surface area is 160 Å². The number of anilines is 1. The van der Waals surface area contributed by atoms with Gasteiger partial charge in [0.15, 0.2) is 0 Å². The Morgan fingerprint density at radius 2 is 1.78 bits per heavy atom. The molecular formula is C18H22N2O5S2. The van der Waals surface area contributed by atoms with Gasteiger partial charge in [-0.15, -0.1) is 0 Å². The molecule has 3 rings (SSSR count). The van der Waals surface area contributed by atoms with E-state index in [1.54, 1.807) is 31.2 Å². The van der Waals surface area contributed by atoms with E-state index in [9.17, 15) is 16.8 Å². The molecule has 0 aliphatic carbocycles. The van der Waals surface area contributed by atoms with Gasteiger partial charge in [-0.1, -0.05) is 6.07 Å². The molecule has 0 saturated carbocycles. The van der Waals surface area contributed by atoms with E-state index in [1.807, 2.05) is 6.07 Å². The van der Waals surface area contributed by atoms with Gasteiger partial charge >= 0.3 is 0 Å². The maximum Gasteiger partial charge on any atom is 0.262 e. The molecular weight excluding hydrogens is 388 g/mol. The van der Waals surface area contributed by atoms with Crippen LogP contribution in [0.1, 0.15) is 16.7 Å². The fourth-order valence-electron chi connectivity index (χ4n) is 3.14. The van der Waals surface area contributed by atoms with Crippen molar-refractivity contribution in [3.63, 3.8) is 0 Å². The van der Waals surface area contributed by atoms with Gasteiger partial charge in [0.05, 0.1) is 18.3 Å². The van der Waals surface area contributed by atoms with Gasteiger partial charge in [0.1, 0.15) is 5.75 Å². The zero-order valence-corrected chi connectivity index (χ0v) is 17.0. The predicted molar refractivity (Wildman–Crippen MR) is 104 cm³/mol. The molecule has 1 aliphatic rings. The Balaban J connectivity index is 1.88. The van der Waals surface area contributed by atoms with Gasteiger partial charge in [-0.2, -0.15) is 4.31 Å². The lowest BCUT2D eigenvalue weighted by Gasteiger charge is -2.27. The van der Waals surface area contributed by atoms with Gasteiger partial charge in [-0.3, -0.25) is 4.72 Å². The number of ether oxygens (including phenoxy) is 1. The van der Waals surface area contributed by atoms with Crippen molar-refractivity contribution in [3.8, 4) is 5.75 Å². The molecule has 0 unspecified atom stereocenters. The van der Waals surface area contributed by atoms with Crippen LogP contribution in [-0.2, 0) is 33.0 Å². The molecule has 1 heterocycles. The molecule has 0 amide bonds. The van der Waals surface area contributed by atoms with Crippen molar-refractivity contribution < 1.29 is 21.6 Å². The van der Waals surface area contributed by atoms with E-state index in [4.69, 9.17) is 4.74 Å². The standard InChI is InChI=1S/C18H22N2O5S2/c1-13-10-17(25-2)6-7-18(13)27(23,24)19-16-5-4-14-8-9-20(26(3,21)22)12-15(14)11-16/h4-7,10-11,19H,8-9,12H2,1-3H3. The minimum absolute atomic E-state index is 0.166. The Morgan fingerprint density at radius 1 is 1.04 bits per heavy atom. The molecule has 0 atom stereocenters. The summed E-state index contributed by atoms with van der Waals surface area (Å²) in [6.45, 7) is 2.38. The Kier molecular flexibility index (Phi) is 5.20. The normalized spacial score (nSPS) is 15.2. The Hall–Kier alpha value is -2.10. The van der Waals surface area contributed by atoms with Gasteiger partial charge in [-0.05, 0) is 60.4 Å². The number of hydrogen-bond donors (Lipinski definition) is 1. The van der Waals surface area contributed by atoms with Crippen molar-refractivity contribution in [2.75, 3.05) is 24.6 Å². The smallest absolute Gasteiger partial charge is 0.262 e. The number of sulfonamides is 2. The molecule has 1 aliphatic heterocycles. The zero-order valence-electron chi connectivity index (χ0n) is 15.4. The molecule has 0 aromatic heterocycles. The van der Waals surface area contributed by atoms with Crippen molar-refractivity contribution in [1.29, 1.82) is 0 Å². The molecule has 1 N–H and O–H groups in total. The lowest BCUT2D eigenvalue weighted by Crippen LogP contribution is -2.35. The van der Waals surface area contributed by atoms with E-state index < -0.39 is 20.0 Å². The number of nitrogens with one attached hydrogen (secondary N) is 1. The van der Waals surface area contributed by atoms with Gasteiger partial charge in [0.25, 0.3) is 10.0 Å². The van der Waals surface area contributed by atoms with Crippen LogP contribution in [0.2, 0.25) is 0 Å². The molecule has 0 spiro atoms. The van der Waals surface area contributed by atoms with E-state index in [0.717, 1.165) is 11.1 Å². The highest BCUT2D eigenvalue weighted by Crippen LogP contribution is 2.27. The predicted octanol–water partition coefficient (Wildman–Crippen LogP) is 2.12. The van der Waals surface area contributed by atoms with Crippen molar-refractivity contribution in [2.24, 2.45) is 0 Å². The van der Waals surface area contributed by atoms with Crippen LogP contribution in [0, 0.1) is 6.92 Å². The molecule has 9 heteroatoms. The van der Waals surface area contributed by atoms with Crippen LogP contribution < -0.4 is 9.46 Å². The van der Waals surface area contributed by atoms with Gasteiger partial charge in [0.2, 0.25) is 10.0 Å². The zero-order chi connectivity index (χ0) is 19.8. The lowest BCUT2D eigenvalue weighted by atomic mass is 10.0. The van der Waals surface area contributed by atoms with E-state index in [2.05, 4.69) is 4.72 Å². The minimum atomic E-state index is -3.77. The summed E-state index contributed by atoms with van der Waals surface area (Å²) >= 11 is 0. The summed E-state index contributed by atoms with van der Waals surface area (Å²) in [6.07, 6.45) is 1.78. The van der Waals surface area contributed by atoms with Crippen molar-refractivity contribution in [2.45, 2.75) is 24.8 Å². The SMILES string of the molecule is COc1ccc(S(=O)(=O)Nc2ccc3c(c2)CN(S(C)(=O)=O)CC3)c(C)c1. The first-order valence-corrected chi connectivity index (χ1v) is 11.7. The summed E-state index contributed by atoms with van der Waals surface area (Å²) in [7, 11) is -5.54. The first-order valence-electron chi connectivity index (χ1n) is 8.34. The van der Waals surface area contributed by atoms with Crippen LogP contribution in [0.3, 0.4) is 0 Å². The van der Waals surface area contributed by atoms with Crippen LogP contribution in [0.4, 0.5) is 5.69 Å².